The summed E-state index contributed by atoms with van der Waals surface area (Å²) in [6.45, 7) is 0. The van der Waals surface area contributed by atoms with Gasteiger partial charge in [-0.05, 0) is 0 Å². The van der Waals surface area contributed by atoms with E-state index in [0.29, 0.717) is 0 Å². The molecule has 0 bridgehead atoms. The second kappa shape index (κ2) is 2.41. The van der Waals surface area contributed by atoms with Crippen LogP contribution < -0.4 is 0 Å². The quantitative estimate of drug-likeness (QED) is 0.594. The van der Waals surface area contributed by atoms with Gasteiger partial charge in [0.05, 0.1) is 0 Å². The fraction of sp³-hybridized carbons (Fsp3) is 0. The molecule has 5 heteroatoms. The molecule has 0 aliphatic carbocycles. The molecule has 0 spiro atoms. The van der Waals surface area contributed by atoms with Gasteiger partial charge in [-0.3, -0.25) is 0 Å². The SMILES string of the molecule is [Cl][Hg-2]([Cl])([Cl])[Cl]. The Kier molecular flexibility index (Phi) is 3.43. The zero-order valence-corrected chi connectivity index (χ0v) is 10.7. The van der Waals surface area contributed by atoms with Crippen LogP contribution in [-0.4, -0.2) is 0 Å². The van der Waals surface area contributed by atoms with Crippen LogP contribution in [-0.2, 0) is 16.5 Å². The Hall–Kier alpha value is 2.10. The minimum atomic E-state index is -3.50. The van der Waals surface area contributed by atoms with Crippen molar-refractivity contribution in [3.8, 4) is 0 Å². The fourth-order valence-electron chi connectivity index (χ4n) is 0. The summed E-state index contributed by atoms with van der Waals surface area (Å²) in [5, 5.41) is 0. The van der Waals surface area contributed by atoms with Gasteiger partial charge in [-0.25, -0.2) is 0 Å². The third kappa shape index (κ3) is 23.3. The molecule has 0 nitrogen and oxygen atoms in total. The first kappa shape index (κ1) is 7.10. The van der Waals surface area contributed by atoms with E-state index in [1.165, 1.54) is 0 Å². The van der Waals surface area contributed by atoms with Crippen LogP contribution in [0.15, 0.2) is 0 Å². The number of rotatable bonds is 0. The van der Waals surface area contributed by atoms with Gasteiger partial charge in [0.1, 0.15) is 0 Å². The van der Waals surface area contributed by atoms with E-state index in [1.807, 2.05) is 0 Å². The molecule has 32 valence electrons. The minimum absolute atomic E-state index is 3.50. The summed E-state index contributed by atoms with van der Waals surface area (Å²) < 4.78 is 0. The summed E-state index contributed by atoms with van der Waals surface area (Å²) in [6.07, 6.45) is 0. The predicted octanol–water partition coefficient (Wildman–Crippen LogP) is 2.76. The Morgan fingerprint density at radius 2 is 0.800 bits per heavy atom. The number of halogens is 4. The van der Waals surface area contributed by atoms with E-state index in [0.717, 1.165) is 0 Å². The van der Waals surface area contributed by atoms with Crippen LogP contribution in [0.25, 0.3) is 0 Å². The number of hydrogen-bond donors (Lipinski definition) is 0. The van der Waals surface area contributed by atoms with Crippen LogP contribution in [0, 0.1) is 0 Å². The third-order valence-corrected chi connectivity index (χ3v) is 0. The average Bonchev–Trinajstić information content (AvgIpc) is 0.722. The standard InChI is InChI=1S/4ClH.Hg/h4*1H;/q;;;;+2/p-4. The molecular weight excluding hydrogens is 342 g/mol. The van der Waals surface area contributed by atoms with Crippen molar-refractivity contribution in [3.05, 3.63) is 0 Å². The molecule has 5 heavy (non-hydrogen) atoms. The molecule has 0 fully saturated rings. The third-order valence-electron chi connectivity index (χ3n) is 0. The van der Waals surface area contributed by atoms with Crippen LogP contribution >= 0.6 is 33.0 Å². The average molecular weight is 342 g/mol. The van der Waals surface area contributed by atoms with Gasteiger partial charge in [0.15, 0.2) is 0 Å². The Balaban J connectivity index is 3.02. The molecule has 0 saturated heterocycles. The zero-order valence-electron chi connectivity index (χ0n) is 2.22. The van der Waals surface area contributed by atoms with Gasteiger partial charge < -0.3 is 0 Å². The first-order valence-corrected chi connectivity index (χ1v) is 28.1. The van der Waals surface area contributed by atoms with Gasteiger partial charge in [0.2, 0.25) is 0 Å². The summed E-state index contributed by atoms with van der Waals surface area (Å²) in [5.41, 5.74) is 0. The normalized spacial score (nSPS) is 12.0. The van der Waals surface area contributed by atoms with E-state index >= 15 is 0 Å². The molecule has 0 aromatic heterocycles. The van der Waals surface area contributed by atoms with Crippen LogP contribution in [0.3, 0.4) is 0 Å². The maximum atomic E-state index is 5.06. The molecule has 0 aliphatic heterocycles. The molecule has 0 N–H and O–H groups in total. The molecule has 0 amide bonds. The fourth-order valence-corrected chi connectivity index (χ4v) is 0. The van der Waals surface area contributed by atoms with Crippen LogP contribution in [0.5, 0.6) is 0 Å². The molecule has 0 radical (unpaired) electrons. The molecule has 0 aromatic carbocycles. The second-order valence-corrected chi connectivity index (χ2v) is 47.9. The predicted molar refractivity (Wildman–Crippen MR) is 23.4 cm³/mol. The van der Waals surface area contributed by atoms with Crippen LogP contribution in [0.4, 0.5) is 0 Å². The maximum absolute atomic E-state index is 5.06. The van der Waals surface area contributed by atoms with Gasteiger partial charge in [-0.15, -0.1) is 0 Å². The van der Waals surface area contributed by atoms with Crippen molar-refractivity contribution in [2.45, 2.75) is 0 Å². The summed E-state index contributed by atoms with van der Waals surface area (Å²) in [6, 6.07) is 0. The molecule has 0 atom stereocenters. The number of hydrogen-bond acceptors (Lipinski definition) is 0. The zero-order chi connectivity index (χ0) is 4.50. The monoisotopic (exact) mass is 342 g/mol. The molecular formula is Cl4Hg-2. The second-order valence-electron chi connectivity index (χ2n) is 0.606. The van der Waals surface area contributed by atoms with Crippen molar-refractivity contribution in [1.29, 1.82) is 0 Å². The summed E-state index contributed by atoms with van der Waals surface area (Å²) in [7, 11) is 20.2. The molecule has 0 rings (SSSR count). The van der Waals surface area contributed by atoms with E-state index in [9.17, 15) is 0 Å². The molecule has 0 aromatic rings. The van der Waals surface area contributed by atoms with Crippen molar-refractivity contribution < 1.29 is 16.5 Å². The summed E-state index contributed by atoms with van der Waals surface area (Å²) in [5.74, 6) is 0. The van der Waals surface area contributed by atoms with E-state index in [-0.39, 0.29) is 0 Å². The van der Waals surface area contributed by atoms with E-state index in [2.05, 4.69) is 0 Å². The van der Waals surface area contributed by atoms with Gasteiger partial charge in [0, 0.05) is 0 Å². The summed E-state index contributed by atoms with van der Waals surface area (Å²) in [4.78, 5) is 0. The Morgan fingerprint density at radius 3 is 0.800 bits per heavy atom. The van der Waals surface area contributed by atoms with Gasteiger partial charge >= 0.3 is 49.5 Å². The molecule has 0 heterocycles. The Bertz CT molecular complexity index is 19.1. The van der Waals surface area contributed by atoms with Crippen molar-refractivity contribution in [1.82, 2.24) is 0 Å². The van der Waals surface area contributed by atoms with Crippen LogP contribution in [0.2, 0.25) is 0 Å². The molecule has 0 aliphatic rings. The van der Waals surface area contributed by atoms with Gasteiger partial charge in [-0.1, -0.05) is 0 Å². The van der Waals surface area contributed by atoms with E-state index in [1.54, 1.807) is 0 Å². The first-order valence-electron chi connectivity index (χ1n) is 1.07. The van der Waals surface area contributed by atoms with E-state index < -0.39 is 16.5 Å². The van der Waals surface area contributed by atoms with Crippen molar-refractivity contribution in [3.63, 3.8) is 0 Å². The van der Waals surface area contributed by atoms with Crippen molar-refractivity contribution in [2.24, 2.45) is 0 Å². The van der Waals surface area contributed by atoms with Crippen molar-refractivity contribution in [2.75, 3.05) is 0 Å². The van der Waals surface area contributed by atoms with E-state index in [4.69, 9.17) is 33.0 Å². The van der Waals surface area contributed by atoms with Crippen molar-refractivity contribution >= 4 is 33.0 Å². The molecule has 0 unspecified atom stereocenters. The first-order chi connectivity index (χ1) is 2.00. The molecule has 0 saturated carbocycles. The van der Waals surface area contributed by atoms with Gasteiger partial charge in [-0.2, -0.15) is 0 Å². The van der Waals surface area contributed by atoms with Gasteiger partial charge in [0.25, 0.3) is 0 Å². The Labute approximate surface area is 48.9 Å². The van der Waals surface area contributed by atoms with Crippen LogP contribution in [0.1, 0.15) is 0 Å². The Morgan fingerprint density at radius 1 is 0.800 bits per heavy atom. The summed E-state index contributed by atoms with van der Waals surface area (Å²) >= 11 is -3.50. The topological polar surface area (TPSA) is 0 Å².